The Morgan fingerprint density at radius 2 is 2.00 bits per heavy atom. The van der Waals surface area contributed by atoms with Gasteiger partial charge in [0.05, 0.1) is 0 Å². The van der Waals surface area contributed by atoms with Gasteiger partial charge in [-0.2, -0.15) is 0 Å². The highest BCUT2D eigenvalue weighted by atomic mass is 16.5. The van der Waals surface area contributed by atoms with E-state index in [2.05, 4.69) is 52.8 Å². The van der Waals surface area contributed by atoms with Crippen molar-refractivity contribution in [1.29, 1.82) is 0 Å². The Kier molecular flexibility index (Phi) is 3.52. The zero-order valence-corrected chi connectivity index (χ0v) is 12.3. The van der Waals surface area contributed by atoms with E-state index in [1.54, 1.807) is 0 Å². The van der Waals surface area contributed by atoms with E-state index in [1.807, 2.05) is 0 Å². The molecule has 0 radical (unpaired) electrons. The van der Waals surface area contributed by atoms with Gasteiger partial charge in [0.1, 0.15) is 11.4 Å². The first-order valence-corrected chi connectivity index (χ1v) is 6.87. The number of rotatable bonds is 2. The molecule has 0 fully saturated rings. The molecule has 1 heterocycles. The molecule has 0 unspecified atom stereocenters. The van der Waals surface area contributed by atoms with Gasteiger partial charge in [-0.1, -0.05) is 18.2 Å². The fourth-order valence-corrected chi connectivity index (χ4v) is 2.68. The normalized spacial score (nSPS) is 22.9. The molecule has 0 bridgehead atoms. The van der Waals surface area contributed by atoms with Crippen LogP contribution in [-0.4, -0.2) is 5.60 Å². The maximum atomic E-state index is 6.34. The van der Waals surface area contributed by atoms with Crippen LogP contribution in [0.2, 0.25) is 0 Å². The van der Waals surface area contributed by atoms with Crippen LogP contribution >= 0.6 is 0 Å². The number of allylic oxidation sites excluding steroid dienone is 1. The molecule has 2 rings (SSSR count). The summed E-state index contributed by atoms with van der Waals surface area (Å²) in [7, 11) is 0. The van der Waals surface area contributed by atoms with Crippen molar-refractivity contribution in [3.05, 3.63) is 40.5 Å². The van der Waals surface area contributed by atoms with Crippen molar-refractivity contribution >= 4 is 0 Å². The first-order chi connectivity index (χ1) is 8.47. The number of fused-ring (bicyclic) bond motifs is 1. The number of hydrogen-bond acceptors (Lipinski definition) is 1. The number of benzene rings is 1. The summed E-state index contributed by atoms with van der Waals surface area (Å²) in [5, 5.41) is 0. The Bertz CT molecular complexity index is 485. The van der Waals surface area contributed by atoms with Crippen molar-refractivity contribution in [2.45, 2.75) is 59.5 Å². The molecule has 1 nitrogen and oxygen atoms in total. The van der Waals surface area contributed by atoms with E-state index in [1.165, 1.54) is 22.3 Å². The van der Waals surface area contributed by atoms with E-state index < -0.39 is 0 Å². The summed E-state index contributed by atoms with van der Waals surface area (Å²) in [6, 6.07) is 2.30. The minimum atomic E-state index is -0.0357. The molecule has 1 atom stereocenters. The van der Waals surface area contributed by atoms with Crippen molar-refractivity contribution in [3.63, 3.8) is 0 Å². The van der Waals surface area contributed by atoms with Gasteiger partial charge in [-0.15, -0.1) is 0 Å². The lowest BCUT2D eigenvalue weighted by Gasteiger charge is -2.36. The number of aryl methyl sites for hydroxylation is 2. The molecule has 0 saturated carbocycles. The summed E-state index contributed by atoms with van der Waals surface area (Å²) < 4.78 is 6.34. The first kappa shape index (κ1) is 13.2. The molecule has 0 amide bonds. The third-order valence-electron chi connectivity index (χ3n) is 4.23. The van der Waals surface area contributed by atoms with Crippen LogP contribution in [0.4, 0.5) is 0 Å². The zero-order valence-electron chi connectivity index (χ0n) is 12.3. The largest absolute Gasteiger partial charge is 0.487 e. The molecule has 18 heavy (non-hydrogen) atoms. The molecule has 0 spiro atoms. The average molecular weight is 244 g/mol. The predicted octanol–water partition coefficient (Wildman–Crippen LogP) is 4.66. The maximum Gasteiger partial charge on any atom is 0.126 e. The Morgan fingerprint density at radius 3 is 2.67 bits per heavy atom. The van der Waals surface area contributed by atoms with Crippen LogP contribution in [0.25, 0.3) is 0 Å². The van der Waals surface area contributed by atoms with Crippen LogP contribution in [0.15, 0.2) is 18.2 Å². The maximum absolute atomic E-state index is 6.34. The Balaban J connectivity index is 2.37. The second-order valence-corrected chi connectivity index (χ2v) is 5.76. The molecule has 1 aliphatic heterocycles. The van der Waals surface area contributed by atoms with Crippen molar-refractivity contribution in [3.8, 4) is 5.75 Å². The quantitative estimate of drug-likeness (QED) is 0.687. The minimum absolute atomic E-state index is 0.0357. The summed E-state index contributed by atoms with van der Waals surface area (Å²) in [6.07, 6.45) is 7.55. The summed E-state index contributed by atoms with van der Waals surface area (Å²) in [5.41, 5.74) is 5.41. The third kappa shape index (κ3) is 2.31. The Labute approximate surface area is 111 Å². The van der Waals surface area contributed by atoms with Crippen LogP contribution in [0.3, 0.4) is 0 Å². The summed E-state index contributed by atoms with van der Waals surface area (Å²) in [6.45, 7) is 10.9. The van der Waals surface area contributed by atoms with Gasteiger partial charge in [0.25, 0.3) is 0 Å². The lowest BCUT2D eigenvalue weighted by molar-refractivity contribution is 0.0670. The van der Waals surface area contributed by atoms with Crippen LogP contribution in [0.5, 0.6) is 5.75 Å². The molecule has 98 valence electrons. The first-order valence-electron chi connectivity index (χ1n) is 6.87. The van der Waals surface area contributed by atoms with Gasteiger partial charge in [-0.3, -0.25) is 0 Å². The lowest BCUT2D eigenvalue weighted by atomic mass is 9.87. The molecule has 1 aromatic carbocycles. The van der Waals surface area contributed by atoms with Crippen molar-refractivity contribution in [2.75, 3.05) is 0 Å². The highest BCUT2D eigenvalue weighted by Gasteiger charge is 2.31. The molecule has 0 N–H and O–H groups in total. The van der Waals surface area contributed by atoms with E-state index >= 15 is 0 Å². The van der Waals surface area contributed by atoms with Gasteiger partial charge in [0, 0.05) is 6.42 Å². The molecule has 0 aliphatic carbocycles. The lowest BCUT2D eigenvalue weighted by Crippen LogP contribution is -2.36. The van der Waals surface area contributed by atoms with E-state index in [-0.39, 0.29) is 5.60 Å². The highest BCUT2D eigenvalue weighted by Crippen LogP contribution is 2.39. The van der Waals surface area contributed by atoms with Crippen LogP contribution < -0.4 is 4.74 Å². The highest BCUT2D eigenvalue weighted by molar-refractivity contribution is 5.50. The molecule has 1 aliphatic rings. The molecule has 1 heteroatoms. The molecule has 1 aromatic rings. The van der Waals surface area contributed by atoms with Crippen molar-refractivity contribution in [2.24, 2.45) is 0 Å². The Hall–Kier alpha value is -1.24. The molecule has 0 aromatic heterocycles. The fourth-order valence-electron chi connectivity index (χ4n) is 2.68. The third-order valence-corrected chi connectivity index (χ3v) is 4.23. The van der Waals surface area contributed by atoms with Crippen LogP contribution in [0.1, 0.15) is 48.9 Å². The van der Waals surface area contributed by atoms with Crippen LogP contribution in [-0.2, 0) is 6.42 Å². The monoisotopic (exact) mass is 244 g/mol. The summed E-state index contributed by atoms with van der Waals surface area (Å²) in [5.74, 6) is 1.14. The number of ether oxygens (including phenoxy) is 1. The van der Waals surface area contributed by atoms with Gasteiger partial charge in [0.2, 0.25) is 0 Å². The smallest absolute Gasteiger partial charge is 0.126 e. The molecular weight excluding hydrogens is 220 g/mol. The van der Waals surface area contributed by atoms with Gasteiger partial charge in [0.15, 0.2) is 0 Å². The van der Waals surface area contributed by atoms with E-state index in [4.69, 9.17) is 4.74 Å². The fraction of sp³-hybridized carbons (Fsp3) is 0.529. The van der Waals surface area contributed by atoms with E-state index in [0.717, 1.165) is 25.0 Å². The number of hydrogen-bond donors (Lipinski definition) is 0. The van der Waals surface area contributed by atoms with E-state index in [0.29, 0.717) is 0 Å². The predicted molar refractivity (Wildman–Crippen MR) is 77.4 cm³/mol. The van der Waals surface area contributed by atoms with Crippen LogP contribution in [0, 0.1) is 20.8 Å². The minimum Gasteiger partial charge on any atom is -0.487 e. The standard InChI is InChI=1S/C17H24O/c1-6-7-9-17(5)10-8-15-11-12(2)13(3)14(4)16(15)18-17/h6-7,11H,8-10H2,1-5H3/b7-6+/t17-/m1/s1. The van der Waals surface area contributed by atoms with Crippen molar-refractivity contribution < 1.29 is 4.74 Å². The van der Waals surface area contributed by atoms with Gasteiger partial charge < -0.3 is 4.74 Å². The second kappa shape index (κ2) is 4.79. The zero-order chi connectivity index (χ0) is 13.3. The summed E-state index contributed by atoms with van der Waals surface area (Å²) >= 11 is 0. The SMILES string of the molecule is C/C=C/C[C@]1(C)CCc2cc(C)c(C)c(C)c2O1. The van der Waals surface area contributed by atoms with Gasteiger partial charge in [-0.05, 0) is 69.7 Å². The second-order valence-electron chi connectivity index (χ2n) is 5.76. The van der Waals surface area contributed by atoms with Crippen molar-refractivity contribution in [1.82, 2.24) is 0 Å². The molecule has 0 saturated heterocycles. The van der Waals surface area contributed by atoms with Gasteiger partial charge >= 0.3 is 0 Å². The van der Waals surface area contributed by atoms with E-state index in [9.17, 15) is 0 Å². The molecular formula is C17H24O. The average Bonchev–Trinajstić information content (AvgIpc) is 2.35. The summed E-state index contributed by atoms with van der Waals surface area (Å²) in [4.78, 5) is 0. The topological polar surface area (TPSA) is 9.23 Å². The Morgan fingerprint density at radius 1 is 1.28 bits per heavy atom. The van der Waals surface area contributed by atoms with Gasteiger partial charge in [-0.25, -0.2) is 0 Å².